The van der Waals surface area contributed by atoms with Gasteiger partial charge in [0.2, 0.25) is 5.91 Å². The molecule has 4 nitrogen and oxygen atoms in total. The van der Waals surface area contributed by atoms with E-state index < -0.39 is 0 Å². The summed E-state index contributed by atoms with van der Waals surface area (Å²) >= 11 is 1.44. The first kappa shape index (κ1) is 14.7. The average molecular weight is 311 g/mol. The van der Waals surface area contributed by atoms with Gasteiger partial charge in [-0.25, -0.2) is 4.98 Å². The number of carbonyl (C=O) groups is 1. The normalized spacial score (nSPS) is 10.8. The van der Waals surface area contributed by atoms with Crippen molar-refractivity contribution in [2.24, 2.45) is 0 Å². The molecule has 0 aliphatic heterocycles. The van der Waals surface area contributed by atoms with Crippen LogP contribution in [-0.4, -0.2) is 21.0 Å². The molecule has 0 spiro atoms. The molecule has 0 atom stereocenters. The molecule has 0 radical (unpaired) electrons. The third-order valence-electron chi connectivity index (χ3n) is 3.48. The maximum absolute atomic E-state index is 12.2. The molecule has 3 rings (SSSR count). The third-order valence-corrected chi connectivity index (χ3v) is 4.45. The van der Waals surface area contributed by atoms with Crippen LogP contribution in [0.3, 0.4) is 0 Å². The summed E-state index contributed by atoms with van der Waals surface area (Å²) < 4.78 is 1.98. The SMILES string of the molecule is Cc1cccc(C)c1NC(=O)CSc1ncc2ccccn12. The molecule has 22 heavy (non-hydrogen) atoms. The first-order valence-electron chi connectivity index (χ1n) is 7.06. The molecule has 0 saturated carbocycles. The van der Waals surface area contributed by atoms with Crippen LogP contribution in [0.25, 0.3) is 5.52 Å². The fraction of sp³-hybridized carbons (Fsp3) is 0.176. The zero-order chi connectivity index (χ0) is 15.5. The van der Waals surface area contributed by atoms with Crippen LogP contribution in [-0.2, 0) is 4.79 Å². The second-order valence-electron chi connectivity index (χ2n) is 5.14. The lowest BCUT2D eigenvalue weighted by molar-refractivity contribution is -0.113. The van der Waals surface area contributed by atoms with E-state index in [-0.39, 0.29) is 5.91 Å². The zero-order valence-electron chi connectivity index (χ0n) is 12.5. The van der Waals surface area contributed by atoms with Gasteiger partial charge in [-0.1, -0.05) is 36.0 Å². The van der Waals surface area contributed by atoms with Gasteiger partial charge in [0.15, 0.2) is 5.16 Å². The van der Waals surface area contributed by atoms with E-state index in [1.165, 1.54) is 11.8 Å². The van der Waals surface area contributed by atoms with Gasteiger partial charge >= 0.3 is 0 Å². The molecule has 1 amide bonds. The Kier molecular flexibility index (Phi) is 4.15. The van der Waals surface area contributed by atoms with E-state index in [1.54, 1.807) is 0 Å². The van der Waals surface area contributed by atoms with Gasteiger partial charge in [-0.15, -0.1) is 0 Å². The van der Waals surface area contributed by atoms with Crippen LogP contribution in [0.5, 0.6) is 0 Å². The number of anilines is 1. The van der Waals surface area contributed by atoms with Crippen LogP contribution in [0.2, 0.25) is 0 Å². The summed E-state index contributed by atoms with van der Waals surface area (Å²) in [6.45, 7) is 4.00. The number of hydrogen-bond acceptors (Lipinski definition) is 3. The van der Waals surface area contributed by atoms with E-state index in [0.29, 0.717) is 5.75 Å². The van der Waals surface area contributed by atoms with Crippen molar-refractivity contribution in [3.05, 3.63) is 59.9 Å². The number of carbonyl (C=O) groups excluding carboxylic acids is 1. The number of thioether (sulfide) groups is 1. The second kappa shape index (κ2) is 6.23. The monoisotopic (exact) mass is 311 g/mol. The number of amides is 1. The van der Waals surface area contributed by atoms with Gasteiger partial charge in [0.25, 0.3) is 0 Å². The Labute approximate surface area is 133 Å². The molecule has 0 bridgehead atoms. The summed E-state index contributed by atoms with van der Waals surface area (Å²) in [7, 11) is 0. The van der Waals surface area contributed by atoms with Crippen LogP contribution in [0.1, 0.15) is 11.1 Å². The number of imidazole rings is 1. The zero-order valence-corrected chi connectivity index (χ0v) is 13.4. The molecule has 112 valence electrons. The van der Waals surface area contributed by atoms with Crippen LogP contribution in [0, 0.1) is 13.8 Å². The van der Waals surface area contributed by atoms with Gasteiger partial charge in [-0.3, -0.25) is 9.20 Å². The van der Waals surface area contributed by atoms with E-state index in [9.17, 15) is 4.79 Å². The molecule has 2 heterocycles. The van der Waals surface area contributed by atoms with E-state index in [2.05, 4.69) is 10.3 Å². The minimum absolute atomic E-state index is 0.0184. The van der Waals surface area contributed by atoms with Crippen molar-refractivity contribution in [2.45, 2.75) is 19.0 Å². The maximum Gasteiger partial charge on any atom is 0.234 e. The number of para-hydroxylation sites is 1. The second-order valence-corrected chi connectivity index (χ2v) is 6.08. The number of pyridine rings is 1. The van der Waals surface area contributed by atoms with E-state index in [0.717, 1.165) is 27.5 Å². The number of rotatable bonds is 4. The maximum atomic E-state index is 12.2. The molecular formula is C17H17N3OS. The Balaban J connectivity index is 1.68. The molecule has 1 aromatic carbocycles. The van der Waals surface area contributed by atoms with Gasteiger partial charge in [0.1, 0.15) is 0 Å². The minimum Gasteiger partial charge on any atom is -0.325 e. The smallest absolute Gasteiger partial charge is 0.234 e. The molecule has 2 aromatic heterocycles. The van der Waals surface area contributed by atoms with Crippen molar-refractivity contribution in [1.82, 2.24) is 9.38 Å². The summed E-state index contributed by atoms with van der Waals surface area (Å²) in [6.07, 6.45) is 3.76. The topological polar surface area (TPSA) is 46.4 Å². The highest BCUT2D eigenvalue weighted by Crippen LogP contribution is 2.21. The van der Waals surface area contributed by atoms with Gasteiger partial charge < -0.3 is 5.32 Å². The minimum atomic E-state index is -0.0184. The molecule has 0 saturated heterocycles. The molecule has 5 heteroatoms. The average Bonchev–Trinajstić information content (AvgIpc) is 2.92. The summed E-state index contributed by atoms with van der Waals surface area (Å²) in [5.74, 6) is 0.317. The molecule has 0 aliphatic rings. The number of aromatic nitrogens is 2. The van der Waals surface area contributed by atoms with Gasteiger partial charge in [-0.05, 0) is 37.1 Å². The summed E-state index contributed by atoms with van der Waals surface area (Å²) in [5.41, 5.74) is 4.08. The Morgan fingerprint density at radius 3 is 2.73 bits per heavy atom. The Morgan fingerprint density at radius 2 is 1.95 bits per heavy atom. The predicted molar refractivity (Wildman–Crippen MR) is 90.5 cm³/mol. The molecule has 0 aliphatic carbocycles. The largest absolute Gasteiger partial charge is 0.325 e. The molecule has 1 N–H and O–H groups in total. The Hall–Kier alpha value is -2.27. The summed E-state index contributed by atoms with van der Waals surface area (Å²) in [4.78, 5) is 16.5. The molecule has 0 unspecified atom stereocenters. The first-order valence-corrected chi connectivity index (χ1v) is 8.04. The number of hydrogen-bond donors (Lipinski definition) is 1. The van der Waals surface area contributed by atoms with E-state index in [1.807, 2.05) is 67.0 Å². The summed E-state index contributed by atoms with van der Waals surface area (Å²) in [6, 6.07) is 11.9. The van der Waals surface area contributed by atoms with Gasteiger partial charge in [-0.2, -0.15) is 0 Å². The highest BCUT2D eigenvalue weighted by Gasteiger charge is 2.10. The number of fused-ring (bicyclic) bond motifs is 1. The van der Waals surface area contributed by atoms with Gasteiger partial charge in [0.05, 0.1) is 17.5 Å². The lowest BCUT2D eigenvalue weighted by Crippen LogP contribution is -2.16. The van der Waals surface area contributed by atoms with Crippen molar-refractivity contribution in [2.75, 3.05) is 11.1 Å². The fourth-order valence-corrected chi connectivity index (χ4v) is 3.11. The third kappa shape index (κ3) is 2.99. The van der Waals surface area contributed by atoms with Gasteiger partial charge in [0, 0.05) is 11.9 Å². The molecular weight excluding hydrogens is 294 g/mol. The molecule has 0 fully saturated rings. The Bertz CT molecular complexity index is 805. The van der Waals surface area contributed by atoms with E-state index in [4.69, 9.17) is 0 Å². The number of nitrogens with one attached hydrogen (secondary N) is 1. The fourth-order valence-electron chi connectivity index (χ4n) is 2.34. The van der Waals surface area contributed by atoms with Crippen molar-refractivity contribution in [3.63, 3.8) is 0 Å². The quantitative estimate of drug-likeness (QED) is 0.748. The van der Waals surface area contributed by atoms with Crippen LogP contribution < -0.4 is 5.32 Å². The van der Waals surface area contributed by atoms with Crippen molar-refractivity contribution in [3.8, 4) is 0 Å². The van der Waals surface area contributed by atoms with Crippen LogP contribution in [0.15, 0.2) is 53.9 Å². The Morgan fingerprint density at radius 1 is 1.18 bits per heavy atom. The predicted octanol–water partition coefficient (Wildman–Crippen LogP) is 3.68. The highest BCUT2D eigenvalue weighted by molar-refractivity contribution is 7.99. The van der Waals surface area contributed by atoms with Crippen LogP contribution in [0.4, 0.5) is 5.69 Å². The van der Waals surface area contributed by atoms with Crippen molar-refractivity contribution in [1.29, 1.82) is 0 Å². The van der Waals surface area contributed by atoms with E-state index >= 15 is 0 Å². The first-order chi connectivity index (χ1) is 10.6. The lowest BCUT2D eigenvalue weighted by atomic mass is 10.1. The van der Waals surface area contributed by atoms with Crippen LogP contribution >= 0.6 is 11.8 Å². The summed E-state index contributed by atoms with van der Waals surface area (Å²) in [5, 5.41) is 3.82. The van der Waals surface area contributed by atoms with Crippen molar-refractivity contribution < 1.29 is 4.79 Å². The molecule has 3 aromatic rings. The number of nitrogens with zero attached hydrogens (tertiary/aromatic N) is 2. The number of benzene rings is 1. The number of aryl methyl sites for hydroxylation is 2. The standard InChI is InChI=1S/C17H17N3OS/c1-12-6-5-7-13(2)16(12)19-15(21)11-22-17-18-10-14-8-3-4-9-20(14)17/h3-10H,11H2,1-2H3,(H,19,21). The van der Waals surface area contributed by atoms with Crippen molar-refractivity contribution >= 4 is 28.9 Å². The highest BCUT2D eigenvalue weighted by atomic mass is 32.2. The lowest BCUT2D eigenvalue weighted by Gasteiger charge is -2.11.